The summed E-state index contributed by atoms with van der Waals surface area (Å²) in [6, 6.07) is -0.372. The molecule has 0 radical (unpaired) electrons. The van der Waals surface area contributed by atoms with E-state index in [1.54, 1.807) is 45.0 Å². The molecule has 1 heterocycles. The van der Waals surface area contributed by atoms with E-state index < -0.39 is 17.2 Å². The average molecular weight is 383 g/mol. The Kier molecular flexibility index (Phi) is 8.08. The number of rotatable bonds is 8. The molecule has 9 heteroatoms. The third-order valence-corrected chi connectivity index (χ3v) is 4.09. The first-order valence-electron chi connectivity index (χ1n) is 9.02. The van der Waals surface area contributed by atoms with Gasteiger partial charge in [-0.25, -0.2) is 9.59 Å². The van der Waals surface area contributed by atoms with Crippen molar-refractivity contribution < 1.29 is 19.1 Å². The zero-order valence-electron chi connectivity index (χ0n) is 17.4. The highest BCUT2D eigenvalue weighted by atomic mass is 16.6. The quantitative estimate of drug-likeness (QED) is 0.640. The Morgan fingerprint density at radius 3 is 2.48 bits per heavy atom. The molecular weight excluding hydrogens is 350 g/mol. The molecule has 1 aromatic heterocycles. The second-order valence-corrected chi connectivity index (χ2v) is 7.99. The average Bonchev–Trinajstić information content (AvgIpc) is 2.96. The first-order chi connectivity index (χ1) is 12.4. The summed E-state index contributed by atoms with van der Waals surface area (Å²) in [5.41, 5.74) is -0.658. The fraction of sp³-hybridized carbons (Fsp3) is 0.722. The molecule has 1 atom stereocenters. The number of aromatic nitrogens is 2. The highest BCUT2D eigenvalue weighted by Gasteiger charge is 2.31. The molecule has 0 bridgehead atoms. The van der Waals surface area contributed by atoms with E-state index in [0.717, 1.165) is 0 Å². The predicted molar refractivity (Wildman–Crippen MR) is 104 cm³/mol. The predicted octanol–water partition coefficient (Wildman–Crippen LogP) is 2.59. The lowest BCUT2D eigenvalue weighted by Gasteiger charge is -2.35. The van der Waals surface area contributed by atoms with Crippen molar-refractivity contribution in [2.24, 2.45) is 5.92 Å². The minimum atomic E-state index is -0.660. The van der Waals surface area contributed by atoms with Crippen LogP contribution in [0.4, 0.5) is 15.3 Å². The minimum Gasteiger partial charge on any atom is -0.444 e. The number of carbonyl (C=O) groups excluding carboxylic acids is 2. The highest BCUT2D eigenvalue weighted by Crippen LogP contribution is 2.17. The van der Waals surface area contributed by atoms with Gasteiger partial charge in [-0.3, -0.25) is 4.68 Å². The molecule has 27 heavy (non-hydrogen) atoms. The number of hydrogen-bond acceptors (Lipinski definition) is 5. The van der Waals surface area contributed by atoms with Crippen LogP contribution in [0.3, 0.4) is 0 Å². The van der Waals surface area contributed by atoms with Gasteiger partial charge >= 0.3 is 12.1 Å². The summed E-state index contributed by atoms with van der Waals surface area (Å²) in [6.07, 6.45) is 2.78. The minimum absolute atomic E-state index is 0.0719. The second-order valence-electron chi connectivity index (χ2n) is 7.99. The maximum atomic E-state index is 12.4. The summed E-state index contributed by atoms with van der Waals surface area (Å²) in [6.45, 7) is 12.6. The number of alkyl carbamates (subject to hydrolysis) is 1. The second kappa shape index (κ2) is 9.59. The molecule has 0 aliphatic rings. The van der Waals surface area contributed by atoms with Gasteiger partial charge < -0.3 is 25.4 Å². The number of nitrogens with one attached hydrogen (secondary N) is 3. The molecule has 0 fully saturated rings. The Labute approximate surface area is 161 Å². The van der Waals surface area contributed by atoms with Crippen molar-refractivity contribution in [2.45, 2.75) is 59.2 Å². The van der Waals surface area contributed by atoms with Gasteiger partial charge in [0.15, 0.2) is 0 Å². The Hall–Kier alpha value is -2.29. The lowest BCUT2D eigenvalue weighted by atomic mass is 9.88. The maximum Gasteiger partial charge on any atom is 0.407 e. The van der Waals surface area contributed by atoms with Crippen LogP contribution in [-0.2, 0) is 16.0 Å². The SMILES string of the molecule is COCCn1cc(NC(=O)NC(C)(CNC(=O)OC(C)(C)C)C(C)C)cn1. The van der Waals surface area contributed by atoms with Crippen LogP contribution in [0.5, 0.6) is 0 Å². The maximum absolute atomic E-state index is 12.4. The van der Waals surface area contributed by atoms with Gasteiger partial charge in [0.05, 0.1) is 30.6 Å². The molecule has 1 aromatic rings. The lowest BCUT2D eigenvalue weighted by Crippen LogP contribution is -2.58. The van der Waals surface area contributed by atoms with Gasteiger partial charge in [0.25, 0.3) is 0 Å². The van der Waals surface area contributed by atoms with Crippen molar-refractivity contribution in [1.82, 2.24) is 20.4 Å². The van der Waals surface area contributed by atoms with Crippen LogP contribution in [0, 0.1) is 5.92 Å². The number of carbonyl (C=O) groups is 2. The van der Waals surface area contributed by atoms with Gasteiger partial charge in [0, 0.05) is 19.9 Å². The molecular formula is C18H33N5O4. The number of urea groups is 1. The first kappa shape index (κ1) is 22.8. The van der Waals surface area contributed by atoms with Gasteiger partial charge in [-0.2, -0.15) is 5.10 Å². The van der Waals surface area contributed by atoms with Crippen molar-refractivity contribution in [3.63, 3.8) is 0 Å². The van der Waals surface area contributed by atoms with Gasteiger partial charge in [-0.05, 0) is 33.6 Å². The molecule has 3 amide bonds. The van der Waals surface area contributed by atoms with Gasteiger partial charge in [-0.1, -0.05) is 13.8 Å². The summed E-state index contributed by atoms with van der Waals surface area (Å²) in [4.78, 5) is 24.3. The van der Waals surface area contributed by atoms with Gasteiger partial charge in [0.1, 0.15) is 5.60 Å². The monoisotopic (exact) mass is 383 g/mol. The van der Waals surface area contributed by atoms with E-state index in [0.29, 0.717) is 18.8 Å². The summed E-state index contributed by atoms with van der Waals surface area (Å²) in [7, 11) is 1.62. The first-order valence-corrected chi connectivity index (χ1v) is 9.02. The molecule has 0 saturated carbocycles. The molecule has 0 aromatic carbocycles. The fourth-order valence-electron chi connectivity index (χ4n) is 2.12. The Morgan fingerprint density at radius 1 is 1.26 bits per heavy atom. The molecule has 154 valence electrons. The smallest absolute Gasteiger partial charge is 0.407 e. The Balaban J connectivity index is 2.62. The zero-order chi connectivity index (χ0) is 20.7. The fourth-order valence-corrected chi connectivity index (χ4v) is 2.12. The largest absolute Gasteiger partial charge is 0.444 e. The Bertz CT molecular complexity index is 624. The summed E-state index contributed by atoms with van der Waals surface area (Å²) in [5, 5.41) is 12.6. The zero-order valence-corrected chi connectivity index (χ0v) is 17.4. The molecule has 3 N–H and O–H groups in total. The van der Waals surface area contributed by atoms with Crippen LogP contribution >= 0.6 is 0 Å². The van der Waals surface area contributed by atoms with E-state index in [-0.39, 0.29) is 18.5 Å². The number of nitrogens with zero attached hydrogens (tertiary/aromatic N) is 2. The van der Waals surface area contributed by atoms with E-state index in [2.05, 4.69) is 21.0 Å². The number of hydrogen-bond donors (Lipinski definition) is 3. The summed E-state index contributed by atoms with van der Waals surface area (Å²) < 4.78 is 11.9. The van der Waals surface area contributed by atoms with Crippen molar-refractivity contribution in [3.05, 3.63) is 12.4 Å². The molecule has 9 nitrogen and oxygen atoms in total. The number of ether oxygens (including phenoxy) is 2. The highest BCUT2D eigenvalue weighted by molar-refractivity contribution is 5.89. The van der Waals surface area contributed by atoms with Crippen LogP contribution < -0.4 is 16.0 Å². The van der Waals surface area contributed by atoms with Crippen LogP contribution in [0.2, 0.25) is 0 Å². The van der Waals surface area contributed by atoms with Crippen molar-refractivity contribution in [3.8, 4) is 0 Å². The number of amides is 3. The van der Waals surface area contributed by atoms with E-state index in [9.17, 15) is 9.59 Å². The van der Waals surface area contributed by atoms with Gasteiger partial charge in [0.2, 0.25) is 0 Å². The summed E-state index contributed by atoms with van der Waals surface area (Å²) in [5.74, 6) is 0.0719. The third kappa shape index (κ3) is 8.29. The van der Waals surface area contributed by atoms with Crippen LogP contribution in [0.1, 0.15) is 41.5 Å². The van der Waals surface area contributed by atoms with E-state index in [1.807, 2.05) is 20.8 Å². The molecule has 0 spiro atoms. The molecule has 0 saturated heterocycles. The number of methoxy groups -OCH3 is 1. The van der Waals surface area contributed by atoms with Crippen LogP contribution in [0.25, 0.3) is 0 Å². The van der Waals surface area contributed by atoms with Crippen molar-refractivity contribution in [2.75, 3.05) is 25.6 Å². The van der Waals surface area contributed by atoms with E-state index in [1.165, 1.54) is 0 Å². The summed E-state index contributed by atoms with van der Waals surface area (Å²) >= 11 is 0. The normalized spacial score (nSPS) is 13.8. The molecule has 1 rings (SSSR count). The third-order valence-electron chi connectivity index (χ3n) is 4.09. The topological polar surface area (TPSA) is 107 Å². The number of anilines is 1. The van der Waals surface area contributed by atoms with Crippen LogP contribution in [-0.4, -0.2) is 53.3 Å². The van der Waals surface area contributed by atoms with E-state index in [4.69, 9.17) is 9.47 Å². The van der Waals surface area contributed by atoms with Crippen molar-refractivity contribution in [1.29, 1.82) is 0 Å². The standard InChI is InChI=1S/C18H33N5O4/c1-13(2)18(6,12-19-16(25)27-17(3,4)5)22-15(24)21-14-10-20-23(11-14)8-9-26-7/h10-11,13H,8-9,12H2,1-7H3,(H,19,25)(H2,21,22,24). The van der Waals surface area contributed by atoms with E-state index >= 15 is 0 Å². The van der Waals surface area contributed by atoms with Crippen molar-refractivity contribution >= 4 is 17.8 Å². The lowest BCUT2D eigenvalue weighted by molar-refractivity contribution is 0.0505. The molecule has 0 aliphatic heterocycles. The Morgan fingerprint density at radius 2 is 1.93 bits per heavy atom. The van der Waals surface area contributed by atoms with Gasteiger partial charge in [-0.15, -0.1) is 0 Å². The molecule has 0 aliphatic carbocycles. The molecule has 1 unspecified atom stereocenters. The van der Waals surface area contributed by atoms with Crippen LogP contribution in [0.15, 0.2) is 12.4 Å².